The molecule has 4 aromatic rings. The second-order valence-corrected chi connectivity index (χ2v) is 12.8. The molecule has 0 bridgehead atoms. The number of phenolic OH excluding ortho intramolecular Hbond substituents is 5. The average Bonchev–Trinajstić information content (AvgIpc) is 3.17. The van der Waals surface area contributed by atoms with Gasteiger partial charge in [-0.05, 0) is 65.2 Å². The Morgan fingerprint density at radius 3 is 2.18 bits per heavy atom. The number of hydrogen-bond donors (Lipinski definition) is 8. The van der Waals surface area contributed by atoms with Gasteiger partial charge in [0.25, 0.3) is 0 Å². The van der Waals surface area contributed by atoms with Gasteiger partial charge in [-0.1, -0.05) is 24.3 Å². The number of methoxy groups -OCH3 is 1. The van der Waals surface area contributed by atoms with Crippen molar-refractivity contribution in [2.75, 3.05) is 13.7 Å². The minimum atomic E-state index is -1.88. The lowest BCUT2D eigenvalue weighted by Crippen LogP contribution is -2.61. The van der Waals surface area contributed by atoms with Gasteiger partial charge in [0.1, 0.15) is 54.0 Å². The zero-order valence-electron chi connectivity index (χ0n) is 29.5. The van der Waals surface area contributed by atoms with Crippen molar-refractivity contribution in [3.05, 3.63) is 107 Å². The Bertz CT molecular complexity index is 2110. The van der Waals surface area contributed by atoms with Gasteiger partial charge in [-0.15, -0.1) is 0 Å². The minimum Gasteiger partial charge on any atom is -0.508 e. The molecule has 294 valence electrons. The monoisotopic (exact) mass is 774 g/mol. The third kappa shape index (κ3) is 9.07. The first-order valence-corrected chi connectivity index (χ1v) is 17.1. The summed E-state index contributed by atoms with van der Waals surface area (Å²) in [5, 5.41) is 83.2. The average molecular weight is 775 g/mol. The van der Waals surface area contributed by atoms with E-state index in [1.54, 1.807) is 12.1 Å². The van der Waals surface area contributed by atoms with Gasteiger partial charge in [0.15, 0.2) is 29.1 Å². The van der Waals surface area contributed by atoms with Crippen molar-refractivity contribution in [2.45, 2.75) is 49.3 Å². The van der Waals surface area contributed by atoms with Crippen molar-refractivity contribution in [1.29, 1.82) is 0 Å². The lowest BCUT2D eigenvalue weighted by Gasteiger charge is -2.41. The van der Waals surface area contributed by atoms with E-state index in [1.165, 1.54) is 79.9 Å². The highest BCUT2D eigenvalue weighted by molar-refractivity contribution is 5.88. The number of aliphatic hydroxyl groups excluding tert-OH is 3. The lowest BCUT2D eigenvalue weighted by atomic mass is 9.93. The van der Waals surface area contributed by atoms with Crippen LogP contribution in [0.3, 0.4) is 0 Å². The lowest BCUT2D eigenvalue weighted by molar-refractivity contribution is -0.282. The number of aromatic hydroxyl groups is 5. The van der Waals surface area contributed by atoms with Crippen molar-refractivity contribution >= 4 is 24.1 Å². The van der Waals surface area contributed by atoms with Crippen molar-refractivity contribution in [3.8, 4) is 46.0 Å². The Kier molecular flexibility index (Phi) is 11.9. The molecule has 8 N–H and O–H groups in total. The molecule has 0 aromatic heterocycles. The van der Waals surface area contributed by atoms with Gasteiger partial charge in [0.05, 0.1) is 13.2 Å². The van der Waals surface area contributed by atoms with Crippen LogP contribution >= 0.6 is 0 Å². The first kappa shape index (κ1) is 39.2. The standard InChI is InChI=1S/C40H38O16/c1-51-32-14-21(4-10-27(32)44)6-13-35(48)56-39-37(50)36(49)33(19-52-34(47)12-5-20-2-8-23(41)9-3-20)55-40(39)54-31-17-24(42)16-30-25(31)18-29(46)38(53-30)22-7-11-26(43)28(45)15-22/h2-17,29,33,36-46,49-50H,18-19H2,1H3/b12-5+,13-6-/t29-,33+,36+,37-,38+,39-,40+/m0/s1. The van der Waals surface area contributed by atoms with Crippen LogP contribution in [0.5, 0.6) is 46.0 Å². The highest BCUT2D eigenvalue weighted by atomic mass is 16.7. The summed E-state index contributed by atoms with van der Waals surface area (Å²) < 4.78 is 33.9. The van der Waals surface area contributed by atoms with Gasteiger partial charge < -0.3 is 69.3 Å². The molecule has 0 aliphatic carbocycles. The summed E-state index contributed by atoms with van der Waals surface area (Å²) in [5.41, 5.74) is 1.57. The van der Waals surface area contributed by atoms with E-state index in [0.29, 0.717) is 16.7 Å². The van der Waals surface area contributed by atoms with Crippen LogP contribution in [-0.4, -0.2) is 103 Å². The summed E-state index contributed by atoms with van der Waals surface area (Å²) in [7, 11) is 1.35. The molecular weight excluding hydrogens is 736 g/mol. The van der Waals surface area contributed by atoms with E-state index in [2.05, 4.69) is 0 Å². The number of phenols is 5. The second-order valence-electron chi connectivity index (χ2n) is 12.8. The number of carbonyl (C=O) groups is 2. The molecule has 56 heavy (non-hydrogen) atoms. The molecule has 0 spiro atoms. The fraction of sp³-hybridized carbons (Fsp3) is 0.250. The number of aliphatic hydroxyl groups is 3. The number of esters is 2. The third-order valence-corrected chi connectivity index (χ3v) is 8.95. The molecule has 16 heteroatoms. The van der Waals surface area contributed by atoms with Crippen LogP contribution in [0.2, 0.25) is 0 Å². The molecule has 0 unspecified atom stereocenters. The van der Waals surface area contributed by atoms with E-state index >= 15 is 0 Å². The summed E-state index contributed by atoms with van der Waals surface area (Å²) in [6.45, 7) is -0.596. The minimum absolute atomic E-state index is 0.0378. The first-order chi connectivity index (χ1) is 26.8. The Morgan fingerprint density at radius 2 is 1.45 bits per heavy atom. The second kappa shape index (κ2) is 16.9. The number of fused-ring (bicyclic) bond motifs is 1. The smallest absolute Gasteiger partial charge is 0.331 e. The summed E-state index contributed by atoms with van der Waals surface area (Å²) >= 11 is 0. The van der Waals surface area contributed by atoms with Crippen LogP contribution < -0.4 is 14.2 Å². The third-order valence-electron chi connectivity index (χ3n) is 8.95. The van der Waals surface area contributed by atoms with Crippen molar-refractivity contribution in [2.24, 2.45) is 0 Å². The highest BCUT2D eigenvalue weighted by Gasteiger charge is 2.49. The van der Waals surface area contributed by atoms with Gasteiger partial charge in [0, 0.05) is 36.3 Å². The molecule has 2 aliphatic rings. The molecule has 1 saturated heterocycles. The van der Waals surface area contributed by atoms with Crippen LogP contribution in [0, 0.1) is 0 Å². The van der Waals surface area contributed by atoms with Crippen molar-refractivity contribution in [3.63, 3.8) is 0 Å². The van der Waals surface area contributed by atoms with Gasteiger partial charge in [-0.2, -0.15) is 0 Å². The first-order valence-electron chi connectivity index (χ1n) is 17.1. The molecule has 7 atom stereocenters. The van der Waals surface area contributed by atoms with Crippen LogP contribution in [0.4, 0.5) is 0 Å². The fourth-order valence-electron chi connectivity index (χ4n) is 6.04. The predicted octanol–water partition coefficient (Wildman–Crippen LogP) is 2.97. The summed E-state index contributed by atoms with van der Waals surface area (Å²) in [6.07, 6.45) is -6.06. The normalized spacial score (nSPS) is 23.2. The maximum absolute atomic E-state index is 13.1. The molecule has 2 aliphatic heterocycles. The topological polar surface area (TPSA) is 251 Å². The largest absolute Gasteiger partial charge is 0.508 e. The molecule has 16 nitrogen and oxygen atoms in total. The number of hydrogen-bond acceptors (Lipinski definition) is 16. The van der Waals surface area contributed by atoms with Gasteiger partial charge in [-0.25, -0.2) is 9.59 Å². The van der Waals surface area contributed by atoms with Crippen molar-refractivity contribution < 1.29 is 78.9 Å². The molecule has 0 radical (unpaired) electrons. The molecular formula is C40H38O16. The zero-order chi connectivity index (χ0) is 40.1. The van der Waals surface area contributed by atoms with E-state index in [1.807, 2.05) is 0 Å². The van der Waals surface area contributed by atoms with Gasteiger partial charge in [-0.3, -0.25) is 0 Å². The van der Waals surface area contributed by atoms with E-state index in [-0.39, 0.29) is 52.2 Å². The van der Waals surface area contributed by atoms with Crippen LogP contribution in [-0.2, 0) is 30.2 Å². The quantitative estimate of drug-likeness (QED) is 0.0620. The molecule has 0 amide bonds. The Balaban J connectivity index is 1.24. The van der Waals surface area contributed by atoms with Crippen LogP contribution in [0.1, 0.15) is 28.4 Å². The number of ether oxygens (including phenoxy) is 6. The molecule has 4 aromatic carbocycles. The molecule has 6 rings (SSSR count). The van der Waals surface area contributed by atoms with Gasteiger partial charge >= 0.3 is 11.9 Å². The summed E-state index contributed by atoms with van der Waals surface area (Å²) in [4.78, 5) is 25.7. The molecule has 0 saturated carbocycles. The van der Waals surface area contributed by atoms with E-state index < -0.39 is 67.2 Å². The van der Waals surface area contributed by atoms with Crippen LogP contribution in [0.25, 0.3) is 12.2 Å². The Morgan fingerprint density at radius 1 is 0.750 bits per heavy atom. The number of carbonyl (C=O) groups excluding carboxylic acids is 2. The number of rotatable bonds is 11. The van der Waals surface area contributed by atoms with E-state index in [4.69, 9.17) is 28.4 Å². The van der Waals surface area contributed by atoms with E-state index in [0.717, 1.165) is 12.2 Å². The van der Waals surface area contributed by atoms with E-state index in [9.17, 15) is 50.4 Å². The van der Waals surface area contributed by atoms with Gasteiger partial charge in [0.2, 0.25) is 6.29 Å². The maximum atomic E-state index is 13.1. The SMILES string of the molecule is COc1cc(/C=C\C(=O)O[C@@H]2[C@H](Oc3cc(O)cc4c3C[C@H](O)[C@@H](c3ccc(O)c(O)c3)O4)O[C@H](COC(=O)/C=C/c3ccc(O)cc3)[C@@H](O)[C@@H]2O)ccc1O. The Labute approximate surface area is 318 Å². The maximum Gasteiger partial charge on any atom is 0.331 e. The number of benzene rings is 4. The predicted molar refractivity (Wildman–Crippen MR) is 194 cm³/mol. The van der Waals surface area contributed by atoms with Crippen LogP contribution in [0.15, 0.2) is 84.9 Å². The summed E-state index contributed by atoms with van der Waals surface area (Å²) in [5.74, 6) is -3.02. The summed E-state index contributed by atoms with van der Waals surface area (Å²) in [6, 6.07) is 16.6. The zero-order valence-corrected chi connectivity index (χ0v) is 29.5. The Hall–Kier alpha value is -6.46. The molecule has 1 fully saturated rings. The molecule has 2 heterocycles. The van der Waals surface area contributed by atoms with Crippen molar-refractivity contribution in [1.82, 2.24) is 0 Å². The highest BCUT2D eigenvalue weighted by Crippen LogP contribution is 2.44. The fourth-order valence-corrected chi connectivity index (χ4v) is 6.04.